The van der Waals surface area contributed by atoms with Gasteiger partial charge in [0.15, 0.2) is 0 Å². The summed E-state index contributed by atoms with van der Waals surface area (Å²) in [6.45, 7) is 0. The molecule has 94 valence electrons. The van der Waals surface area contributed by atoms with Crippen molar-refractivity contribution in [3.8, 4) is 0 Å². The van der Waals surface area contributed by atoms with Gasteiger partial charge in [-0.1, -0.05) is 30.3 Å². The number of benzene rings is 2. The van der Waals surface area contributed by atoms with Crippen molar-refractivity contribution in [3.63, 3.8) is 0 Å². The highest BCUT2D eigenvalue weighted by Crippen LogP contribution is 2.47. The molecule has 2 aliphatic rings. The van der Waals surface area contributed by atoms with Crippen molar-refractivity contribution < 1.29 is 4.79 Å². The Morgan fingerprint density at radius 2 is 1.53 bits per heavy atom. The molecule has 0 aromatic heterocycles. The van der Waals surface area contributed by atoms with E-state index in [-0.39, 0.29) is 5.91 Å². The monoisotopic (exact) mass is 251 g/mol. The summed E-state index contributed by atoms with van der Waals surface area (Å²) in [7, 11) is 1.81. The van der Waals surface area contributed by atoms with E-state index in [2.05, 4.69) is 10.6 Å². The fourth-order valence-electron chi connectivity index (χ4n) is 2.94. The molecule has 1 amide bonds. The lowest BCUT2D eigenvalue weighted by atomic mass is 10.0. The van der Waals surface area contributed by atoms with E-state index in [9.17, 15) is 4.79 Å². The maximum atomic E-state index is 12.7. The van der Waals surface area contributed by atoms with Crippen LogP contribution in [0.25, 0.3) is 0 Å². The number of carbonyl (C=O) groups is 1. The van der Waals surface area contributed by atoms with E-state index in [0.29, 0.717) is 0 Å². The van der Waals surface area contributed by atoms with Crippen molar-refractivity contribution >= 4 is 23.0 Å². The van der Waals surface area contributed by atoms with E-state index in [1.165, 1.54) is 0 Å². The molecule has 0 saturated heterocycles. The zero-order valence-electron chi connectivity index (χ0n) is 10.5. The van der Waals surface area contributed by atoms with Gasteiger partial charge in [-0.15, -0.1) is 0 Å². The van der Waals surface area contributed by atoms with Crippen LogP contribution in [0.2, 0.25) is 0 Å². The normalized spacial score (nSPS) is 17.9. The molecule has 0 bridgehead atoms. The number of para-hydroxylation sites is 3. The maximum Gasteiger partial charge on any atom is 0.278 e. The van der Waals surface area contributed by atoms with Gasteiger partial charge in [-0.05, 0) is 18.2 Å². The Hall–Kier alpha value is -2.49. The quantitative estimate of drug-likeness (QED) is 0.755. The topological polar surface area (TPSA) is 44.4 Å². The molecule has 4 nitrogen and oxygen atoms in total. The molecular formula is C15H13N3O. The minimum absolute atomic E-state index is 0.0184. The first-order valence-electron chi connectivity index (χ1n) is 6.25. The largest absolute Gasteiger partial charge is 0.349 e. The second-order valence-corrected chi connectivity index (χ2v) is 4.93. The predicted molar refractivity (Wildman–Crippen MR) is 75.2 cm³/mol. The van der Waals surface area contributed by atoms with E-state index in [4.69, 9.17) is 0 Å². The van der Waals surface area contributed by atoms with Crippen LogP contribution in [0.5, 0.6) is 0 Å². The van der Waals surface area contributed by atoms with Crippen molar-refractivity contribution in [1.29, 1.82) is 0 Å². The molecule has 2 heterocycles. The van der Waals surface area contributed by atoms with E-state index >= 15 is 0 Å². The number of hydrogen-bond donors (Lipinski definition) is 2. The van der Waals surface area contributed by atoms with E-state index in [0.717, 1.165) is 22.6 Å². The zero-order chi connectivity index (χ0) is 13.0. The molecule has 4 heteroatoms. The van der Waals surface area contributed by atoms with Crippen LogP contribution in [0.3, 0.4) is 0 Å². The lowest BCUT2D eigenvalue weighted by Crippen LogP contribution is -2.47. The fourth-order valence-corrected chi connectivity index (χ4v) is 2.94. The van der Waals surface area contributed by atoms with Gasteiger partial charge in [0.25, 0.3) is 5.91 Å². The maximum absolute atomic E-state index is 12.7. The van der Waals surface area contributed by atoms with Gasteiger partial charge in [-0.2, -0.15) is 0 Å². The van der Waals surface area contributed by atoms with Gasteiger partial charge in [-0.3, -0.25) is 4.79 Å². The molecule has 0 saturated carbocycles. The van der Waals surface area contributed by atoms with Gasteiger partial charge in [0, 0.05) is 12.6 Å². The number of amides is 1. The van der Waals surface area contributed by atoms with Crippen molar-refractivity contribution in [2.75, 3.05) is 22.6 Å². The van der Waals surface area contributed by atoms with Crippen LogP contribution in [-0.2, 0) is 10.5 Å². The molecule has 4 rings (SSSR count). The molecule has 1 spiro atoms. The van der Waals surface area contributed by atoms with Gasteiger partial charge < -0.3 is 15.5 Å². The second-order valence-electron chi connectivity index (χ2n) is 4.93. The first-order valence-corrected chi connectivity index (χ1v) is 6.25. The second kappa shape index (κ2) is 3.29. The average Bonchev–Trinajstić information content (AvgIpc) is 2.93. The van der Waals surface area contributed by atoms with Crippen LogP contribution in [-0.4, -0.2) is 13.0 Å². The Balaban J connectivity index is 1.92. The van der Waals surface area contributed by atoms with E-state index in [1.807, 2.05) is 55.6 Å². The van der Waals surface area contributed by atoms with Crippen molar-refractivity contribution in [1.82, 2.24) is 0 Å². The van der Waals surface area contributed by atoms with Crippen LogP contribution < -0.4 is 15.5 Å². The zero-order valence-corrected chi connectivity index (χ0v) is 10.5. The van der Waals surface area contributed by atoms with Crippen LogP contribution >= 0.6 is 0 Å². The number of rotatable bonds is 0. The van der Waals surface area contributed by atoms with Gasteiger partial charge in [0.2, 0.25) is 5.66 Å². The Kier molecular flexibility index (Phi) is 1.81. The number of nitrogens with zero attached hydrogens (tertiary/aromatic N) is 1. The first kappa shape index (κ1) is 10.4. The number of nitrogens with one attached hydrogen (secondary N) is 2. The summed E-state index contributed by atoms with van der Waals surface area (Å²) in [6.07, 6.45) is 0. The van der Waals surface area contributed by atoms with Crippen molar-refractivity contribution in [2.24, 2.45) is 0 Å². The number of likely N-dealkylation sites (N-methyl/N-ethyl adjacent to an activating group) is 1. The predicted octanol–water partition coefficient (Wildman–Crippen LogP) is 2.35. The molecule has 19 heavy (non-hydrogen) atoms. The number of anilines is 3. The Labute approximate surface area is 111 Å². The van der Waals surface area contributed by atoms with Gasteiger partial charge >= 0.3 is 0 Å². The molecule has 0 atom stereocenters. The highest BCUT2D eigenvalue weighted by atomic mass is 16.2. The lowest BCUT2D eigenvalue weighted by Gasteiger charge is -2.24. The summed E-state index contributed by atoms with van der Waals surface area (Å²) in [6, 6.07) is 15.7. The van der Waals surface area contributed by atoms with Crippen LogP contribution in [0.4, 0.5) is 17.1 Å². The average molecular weight is 251 g/mol. The highest BCUT2D eigenvalue weighted by Gasteiger charge is 2.53. The van der Waals surface area contributed by atoms with Gasteiger partial charge in [-0.25, -0.2) is 0 Å². The Morgan fingerprint density at radius 1 is 0.947 bits per heavy atom. The molecule has 0 aliphatic carbocycles. The van der Waals surface area contributed by atoms with Gasteiger partial charge in [0.1, 0.15) is 0 Å². The minimum Gasteiger partial charge on any atom is -0.349 e. The van der Waals surface area contributed by atoms with Crippen molar-refractivity contribution in [2.45, 2.75) is 5.66 Å². The molecule has 2 aromatic rings. The number of hydrogen-bond acceptors (Lipinski definition) is 3. The molecule has 0 fully saturated rings. The van der Waals surface area contributed by atoms with Crippen molar-refractivity contribution in [3.05, 3.63) is 54.1 Å². The first-order chi connectivity index (χ1) is 9.22. The molecule has 0 radical (unpaired) electrons. The van der Waals surface area contributed by atoms with Gasteiger partial charge in [0.05, 0.1) is 17.1 Å². The van der Waals surface area contributed by atoms with Crippen LogP contribution in [0, 0.1) is 0 Å². The summed E-state index contributed by atoms with van der Waals surface area (Å²) in [5.74, 6) is 0.0184. The standard InChI is InChI=1S/C15H13N3O/c1-18-13-9-5-2-6-10(13)15(14(18)19)16-11-7-3-4-8-12(11)17-15/h2-9,16-17H,1H3. The van der Waals surface area contributed by atoms with E-state index in [1.54, 1.807) is 4.90 Å². The van der Waals surface area contributed by atoms with Crippen LogP contribution in [0.1, 0.15) is 5.56 Å². The number of carbonyl (C=O) groups excluding carboxylic acids is 1. The Bertz CT molecular complexity index is 670. The molecule has 2 aromatic carbocycles. The third-order valence-electron chi connectivity index (χ3n) is 3.87. The SMILES string of the molecule is CN1C(=O)C2(Nc3ccccc3N2)c2ccccc21. The van der Waals surface area contributed by atoms with E-state index < -0.39 is 5.66 Å². The summed E-state index contributed by atoms with van der Waals surface area (Å²) in [4.78, 5) is 14.4. The van der Waals surface area contributed by atoms with Crippen LogP contribution in [0.15, 0.2) is 48.5 Å². The molecule has 0 unspecified atom stereocenters. The molecule has 2 N–H and O–H groups in total. The summed E-state index contributed by atoms with van der Waals surface area (Å²) < 4.78 is 0. The Morgan fingerprint density at radius 3 is 2.21 bits per heavy atom. The summed E-state index contributed by atoms with van der Waals surface area (Å²) in [5.41, 5.74) is 2.98. The number of fused-ring (bicyclic) bond motifs is 3. The summed E-state index contributed by atoms with van der Waals surface area (Å²) in [5, 5.41) is 6.69. The third-order valence-corrected chi connectivity index (χ3v) is 3.87. The molecular weight excluding hydrogens is 238 g/mol. The smallest absolute Gasteiger partial charge is 0.278 e. The lowest BCUT2D eigenvalue weighted by molar-refractivity contribution is -0.121. The minimum atomic E-state index is -0.852. The summed E-state index contributed by atoms with van der Waals surface area (Å²) >= 11 is 0. The molecule has 2 aliphatic heterocycles. The fraction of sp³-hybridized carbons (Fsp3) is 0.133. The third kappa shape index (κ3) is 1.15. The highest BCUT2D eigenvalue weighted by molar-refractivity contribution is 6.12.